The standard InChI is InChI=1S/C10H10O7/c1-5-7(16-8(11)14-5)4-13-10(3)6(2)15-9(12)17-10/h2,4H2,1,3H3. The maximum Gasteiger partial charge on any atom is 0.519 e. The van der Waals surface area contributed by atoms with Crippen LogP contribution >= 0.6 is 0 Å². The summed E-state index contributed by atoms with van der Waals surface area (Å²) in [4.78, 5) is 21.7. The van der Waals surface area contributed by atoms with Gasteiger partial charge in [0.05, 0.1) is 0 Å². The highest BCUT2D eigenvalue weighted by Gasteiger charge is 2.44. The SMILES string of the molecule is C=C1OC(=O)OC1(C)OCc1oc(=O)oc1C. The maximum atomic E-state index is 10.9. The fourth-order valence-electron chi connectivity index (χ4n) is 1.25. The second kappa shape index (κ2) is 3.77. The minimum Gasteiger partial charge on any atom is -0.396 e. The van der Waals surface area contributed by atoms with Crippen molar-refractivity contribution in [3.63, 3.8) is 0 Å². The third-order valence-corrected chi connectivity index (χ3v) is 2.31. The fourth-order valence-corrected chi connectivity index (χ4v) is 1.25. The van der Waals surface area contributed by atoms with Gasteiger partial charge >= 0.3 is 12.0 Å². The molecule has 0 bridgehead atoms. The van der Waals surface area contributed by atoms with Crippen molar-refractivity contribution in [3.05, 3.63) is 34.5 Å². The van der Waals surface area contributed by atoms with Crippen LogP contribution < -0.4 is 5.82 Å². The van der Waals surface area contributed by atoms with Gasteiger partial charge in [0.15, 0.2) is 11.5 Å². The summed E-state index contributed by atoms with van der Waals surface area (Å²) in [5.41, 5.74) is 0. The van der Waals surface area contributed by atoms with Crippen molar-refractivity contribution >= 4 is 6.16 Å². The van der Waals surface area contributed by atoms with Crippen LogP contribution in [0, 0.1) is 6.92 Å². The molecule has 0 spiro atoms. The van der Waals surface area contributed by atoms with E-state index >= 15 is 0 Å². The van der Waals surface area contributed by atoms with Crippen molar-refractivity contribution in [2.75, 3.05) is 0 Å². The summed E-state index contributed by atoms with van der Waals surface area (Å²) in [5.74, 6) is -1.66. The molecule has 92 valence electrons. The van der Waals surface area contributed by atoms with E-state index in [9.17, 15) is 9.59 Å². The van der Waals surface area contributed by atoms with Gasteiger partial charge in [-0.3, -0.25) is 0 Å². The molecule has 0 saturated carbocycles. The third kappa shape index (κ3) is 2.09. The first-order chi connectivity index (χ1) is 7.90. The van der Waals surface area contributed by atoms with Crippen molar-refractivity contribution in [1.82, 2.24) is 0 Å². The van der Waals surface area contributed by atoms with Crippen LogP contribution in [0.15, 0.2) is 26.0 Å². The van der Waals surface area contributed by atoms with Crippen molar-refractivity contribution in [3.8, 4) is 0 Å². The summed E-state index contributed by atoms with van der Waals surface area (Å²) in [6.07, 6.45) is -0.886. The number of carbonyl (C=O) groups excluding carboxylic acids is 1. The van der Waals surface area contributed by atoms with Gasteiger partial charge in [-0.05, 0) is 6.92 Å². The average molecular weight is 242 g/mol. The highest BCUT2D eigenvalue weighted by atomic mass is 16.8. The minimum atomic E-state index is -1.39. The van der Waals surface area contributed by atoms with Crippen LogP contribution in [0.25, 0.3) is 0 Å². The number of ether oxygens (including phenoxy) is 3. The van der Waals surface area contributed by atoms with Crippen molar-refractivity contribution in [1.29, 1.82) is 0 Å². The van der Waals surface area contributed by atoms with Gasteiger partial charge in [-0.25, -0.2) is 9.59 Å². The summed E-state index contributed by atoms with van der Waals surface area (Å²) >= 11 is 0. The van der Waals surface area contributed by atoms with E-state index in [2.05, 4.69) is 15.7 Å². The maximum absolute atomic E-state index is 10.9. The minimum absolute atomic E-state index is 0.0333. The van der Waals surface area contributed by atoms with E-state index < -0.39 is 17.8 Å². The second-order valence-corrected chi connectivity index (χ2v) is 3.55. The smallest absolute Gasteiger partial charge is 0.396 e. The Bertz CT molecular complexity index is 523. The van der Waals surface area contributed by atoms with Gasteiger partial charge in [0, 0.05) is 6.92 Å². The number of carbonyl (C=O) groups is 1. The Morgan fingerprint density at radius 3 is 2.53 bits per heavy atom. The molecule has 1 aliphatic heterocycles. The van der Waals surface area contributed by atoms with Gasteiger partial charge in [0.25, 0.3) is 5.79 Å². The van der Waals surface area contributed by atoms with Crippen LogP contribution in [0.5, 0.6) is 0 Å². The van der Waals surface area contributed by atoms with Crippen LogP contribution in [0.2, 0.25) is 0 Å². The van der Waals surface area contributed by atoms with E-state index in [1.165, 1.54) is 6.92 Å². The Morgan fingerprint density at radius 2 is 2.06 bits per heavy atom. The zero-order valence-electron chi connectivity index (χ0n) is 9.27. The number of rotatable bonds is 3. The molecule has 7 nitrogen and oxygen atoms in total. The largest absolute Gasteiger partial charge is 0.519 e. The summed E-state index contributed by atoms with van der Waals surface area (Å²) in [6.45, 7) is 6.40. The summed E-state index contributed by atoms with van der Waals surface area (Å²) in [7, 11) is 0. The van der Waals surface area contributed by atoms with Crippen LogP contribution in [0.4, 0.5) is 4.79 Å². The number of cyclic esters (lactones) is 2. The van der Waals surface area contributed by atoms with E-state index in [1.54, 1.807) is 6.92 Å². The third-order valence-electron chi connectivity index (χ3n) is 2.31. The van der Waals surface area contributed by atoms with Crippen molar-refractivity contribution in [2.45, 2.75) is 26.2 Å². The molecule has 1 unspecified atom stereocenters. The molecule has 0 aliphatic carbocycles. The molecule has 7 heteroatoms. The molecule has 0 N–H and O–H groups in total. The fraction of sp³-hybridized carbons (Fsp3) is 0.400. The van der Waals surface area contributed by atoms with E-state index in [-0.39, 0.29) is 18.1 Å². The van der Waals surface area contributed by atoms with E-state index in [4.69, 9.17) is 13.9 Å². The number of aryl methyl sites for hydroxylation is 1. The highest BCUT2D eigenvalue weighted by molar-refractivity contribution is 5.65. The Balaban J connectivity index is 2.08. The van der Waals surface area contributed by atoms with Gasteiger partial charge in [-0.15, -0.1) is 0 Å². The monoisotopic (exact) mass is 242 g/mol. The molecule has 2 rings (SSSR count). The summed E-state index contributed by atoms with van der Waals surface area (Å²) in [5, 5.41) is 0. The zero-order chi connectivity index (χ0) is 12.6. The molecule has 1 aromatic rings. The lowest BCUT2D eigenvalue weighted by Crippen LogP contribution is -2.29. The summed E-state index contributed by atoms with van der Waals surface area (Å²) < 4.78 is 24.1. The second-order valence-electron chi connectivity index (χ2n) is 3.55. The van der Waals surface area contributed by atoms with Gasteiger partial charge in [-0.2, -0.15) is 0 Å². The predicted octanol–water partition coefficient (Wildman–Crippen LogP) is 1.45. The molecule has 0 radical (unpaired) electrons. The van der Waals surface area contributed by atoms with Gasteiger partial charge in [0.2, 0.25) is 0 Å². The molecule has 0 aromatic carbocycles. The molecule has 1 fully saturated rings. The first-order valence-corrected chi connectivity index (χ1v) is 4.74. The summed E-state index contributed by atoms with van der Waals surface area (Å²) in [6, 6.07) is 0. The Labute approximate surface area is 95.6 Å². The van der Waals surface area contributed by atoms with Gasteiger partial charge in [0.1, 0.15) is 12.4 Å². The molecule has 1 aliphatic rings. The lowest BCUT2D eigenvalue weighted by Gasteiger charge is -2.19. The van der Waals surface area contributed by atoms with E-state index in [0.29, 0.717) is 5.76 Å². The average Bonchev–Trinajstić information content (AvgIpc) is 2.65. The van der Waals surface area contributed by atoms with Crippen LogP contribution in [0.1, 0.15) is 18.4 Å². The predicted molar refractivity (Wildman–Crippen MR) is 51.9 cm³/mol. The molecule has 1 atom stereocenters. The topological polar surface area (TPSA) is 88.1 Å². The highest BCUT2D eigenvalue weighted by Crippen LogP contribution is 2.31. The Hall–Kier alpha value is -2.02. The lowest BCUT2D eigenvalue weighted by molar-refractivity contribution is -0.158. The van der Waals surface area contributed by atoms with Gasteiger partial charge in [-0.1, -0.05) is 6.58 Å². The van der Waals surface area contributed by atoms with E-state index in [1.807, 2.05) is 0 Å². The molecular weight excluding hydrogens is 232 g/mol. The molecule has 1 aromatic heterocycles. The van der Waals surface area contributed by atoms with Gasteiger partial charge < -0.3 is 23.0 Å². The molecule has 17 heavy (non-hydrogen) atoms. The molecule has 2 heterocycles. The quantitative estimate of drug-likeness (QED) is 0.741. The first-order valence-electron chi connectivity index (χ1n) is 4.74. The van der Waals surface area contributed by atoms with Crippen molar-refractivity contribution in [2.24, 2.45) is 0 Å². The van der Waals surface area contributed by atoms with Crippen LogP contribution in [0.3, 0.4) is 0 Å². The Kier molecular flexibility index (Phi) is 2.55. The normalized spacial score (nSPS) is 23.6. The molecule has 1 saturated heterocycles. The number of hydrogen-bond donors (Lipinski definition) is 0. The van der Waals surface area contributed by atoms with E-state index in [0.717, 1.165) is 0 Å². The lowest BCUT2D eigenvalue weighted by atomic mass is 10.3. The molecule has 0 amide bonds. The van der Waals surface area contributed by atoms with Crippen molar-refractivity contribution < 1.29 is 27.8 Å². The van der Waals surface area contributed by atoms with Crippen LogP contribution in [-0.4, -0.2) is 11.9 Å². The number of hydrogen-bond acceptors (Lipinski definition) is 7. The first kappa shape index (κ1) is 11.5. The van der Waals surface area contributed by atoms with Crippen LogP contribution in [-0.2, 0) is 20.8 Å². The molecular formula is C10H10O7. The Morgan fingerprint density at radius 1 is 1.35 bits per heavy atom. The zero-order valence-corrected chi connectivity index (χ0v) is 9.27.